The van der Waals surface area contributed by atoms with E-state index >= 15 is 0 Å². The molecule has 0 saturated heterocycles. The highest BCUT2D eigenvalue weighted by atomic mass is 35.5. The van der Waals surface area contributed by atoms with Crippen LogP contribution in [0.2, 0.25) is 10.0 Å². The lowest BCUT2D eigenvalue weighted by Gasteiger charge is -2.15. The first-order chi connectivity index (χ1) is 17.4. The second-order valence-corrected chi connectivity index (χ2v) is 10.1. The van der Waals surface area contributed by atoms with Gasteiger partial charge in [0.25, 0.3) is 0 Å². The zero-order chi connectivity index (χ0) is 26.9. The van der Waals surface area contributed by atoms with Crippen molar-refractivity contribution in [3.8, 4) is 11.5 Å². The number of nitrogens with zero attached hydrogens (tertiary/aromatic N) is 1. The molecule has 1 atom stereocenters. The van der Waals surface area contributed by atoms with Crippen LogP contribution < -0.4 is 9.47 Å². The molecule has 0 bridgehead atoms. The Labute approximate surface area is 224 Å². The number of hydrogen-bond donors (Lipinski definition) is 1. The fourth-order valence-corrected chi connectivity index (χ4v) is 5.07. The maximum atomic E-state index is 12.9. The van der Waals surface area contributed by atoms with Gasteiger partial charge in [0.1, 0.15) is 11.5 Å². The molecule has 5 nitrogen and oxygen atoms in total. The van der Waals surface area contributed by atoms with Gasteiger partial charge in [-0.25, -0.2) is 4.79 Å². The van der Waals surface area contributed by atoms with Crippen molar-refractivity contribution in [1.82, 2.24) is 4.57 Å². The Hall–Kier alpha value is -3.01. The molecule has 0 unspecified atom stereocenters. The molecule has 0 aliphatic carbocycles. The fourth-order valence-electron chi connectivity index (χ4n) is 3.73. The zero-order valence-corrected chi connectivity index (χ0v) is 21.8. The molecule has 0 saturated carbocycles. The molecule has 1 aromatic heterocycles. The summed E-state index contributed by atoms with van der Waals surface area (Å²) in [5, 5.41) is 10.7. The number of alkyl halides is 3. The Morgan fingerprint density at radius 1 is 1.08 bits per heavy atom. The number of halogens is 5. The lowest BCUT2D eigenvalue weighted by Crippen LogP contribution is -2.23. The Morgan fingerprint density at radius 3 is 2.43 bits per heavy atom. The number of rotatable bonds is 8. The molecule has 0 aliphatic heterocycles. The summed E-state index contributed by atoms with van der Waals surface area (Å²) in [6, 6.07) is 16.4. The molecule has 194 valence electrons. The number of aliphatic carboxylic acids is 1. The van der Waals surface area contributed by atoms with E-state index in [0.717, 1.165) is 20.9 Å². The number of carboxylic acid groups (broad SMARTS) is 1. The van der Waals surface area contributed by atoms with Crippen LogP contribution in [0.25, 0.3) is 10.9 Å². The summed E-state index contributed by atoms with van der Waals surface area (Å²) in [5.41, 5.74) is 2.06. The van der Waals surface area contributed by atoms with Crippen molar-refractivity contribution in [1.29, 1.82) is 0 Å². The normalized spacial score (nSPS) is 12.5. The van der Waals surface area contributed by atoms with Gasteiger partial charge in [0.05, 0.1) is 10.5 Å². The molecule has 0 amide bonds. The molecule has 0 aliphatic rings. The number of fused-ring (bicyclic) bond motifs is 1. The van der Waals surface area contributed by atoms with E-state index in [0.29, 0.717) is 16.1 Å². The maximum absolute atomic E-state index is 12.9. The van der Waals surface area contributed by atoms with Crippen LogP contribution in [0.1, 0.15) is 18.2 Å². The largest absolute Gasteiger partial charge is 0.573 e. The van der Waals surface area contributed by atoms with Gasteiger partial charge in [0, 0.05) is 38.5 Å². The van der Waals surface area contributed by atoms with E-state index < -0.39 is 18.4 Å². The van der Waals surface area contributed by atoms with E-state index in [1.807, 2.05) is 23.6 Å². The summed E-state index contributed by atoms with van der Waals surface area (Å²) in [7, 11) is 0. The molecule has 37 heavy (non-hydrogen) atoms. The average molecular weight is 570 g/mol. The molecule has 4 rings (SSSR count). The highest BCUT2D eigenvalue weighted by Crippen LogP contribution is 2.41. The van der Waals surface area contributed by atoms with Crippen molar-refractivity contribution in [2.45, 2.75) is 42.6 Å². The van der Waals surface area contributed by atoms with Crippen LogP contribution in [0, 0.1) is 6.92 Å². The van der Waals surface area contributed by atoms with E-state index in [2.05, 4.69) is 4.74 Å². The summed E-state index contributed by atoms with van der Waals surface area (Å²) in [6.07, 6.45) is -5.95. The van der Waals surface area contributed by atoms with Gasteiger partial charge in [-0.1, -0.05) is 41.0 Å². The van der Waals surface area contributed by atoms with Gasteiger partial charge in [-0.05, 0) is 67.9 Å². The second-order valence-electron chi connectivity index (χ2n) is 8.15. The minimum absolute atomic E-state index is 0.194. The van der Waals surface area contributed by atoms with Crippen molar-refractivity contribution in [2.75, 3.05) is 0 Å². The summed E-state index contributed by atoms with van der Waals surface area (Å²) in [4.78, 5) is 13.0. The quantitative estimate of drug-likeness (QED) is 0.231. The predicted octanol–water partition coefficient (Wildman–Crippen LogP) is 8.21. The highest BCUT2D eigenvalue weighted by molar-refractivity contribution is 7.99. The van der Waals surface area contributed by atoms with Gasteiger partial charge in [0.2, 0.25) is 0 Å². The Balaban J connectivity index is 1.78. The van der Waals surface area contributed by atoms with Crippen LogP contribution >= 0.6 is 35.0 Å². The Bertz CT molecular complexity index is 1460. The molecule has 1 N–H and O–H groups in total. The molecule has 0 spiro atoms. The lowest BCUT2D eigenvalue weighted by atomic mass is 10.2. The van der Waals surface area contributed by atoms with Gasteiger partial charge in [0.15, 0.2) is 6.10 Å². The van der Waals surface area contributed by atoms with Gasteiger partial charge >= 0.3 is 12.3 Å². The number of carbonyl (C=O) groups is 1. The van der Waals surface area contributed by atoms with Crippen molar-refractivity contribution >= 4 is 51.8 Å². The van der Waals surface area contributed by atoms with Crippen molar-refractivity contribution < 1.29 is 32.5 Å². The van der Waals surface area contributed by atoms with Crippen molar-refractivity contribution in [2.24, 2.45) is 0 Å². The van der Waals surface area contributed by atoms with Gasteiger partial charge in [-0.3, -0.25) is 0 Å². The molecular formula is C26H20Cl2F3NO4S. The van der Waals surface area contributed by atoms with Crippen molar-refractivity contribution in [3.63, 3.8) is 0 Å². The minimum atomic E-state index is -4.83. The van der Waals surface area contributed by atoms with Crippen LogP contribution in [-0.2, 0) is 11.3 Å². The summed E-state index contributed by atoms with van der Waals surface area (Å²) >= 11 is 13.7. The molecule has 0 fully saturated rings. The first kappa shape index (κ1) is 27.0. The lowest BCUT2D eigenvalue weighted by molar-refractivity contribution is -0.274. The maximum Gasteiger partial charge on any atom is 0.573 e. The first-order valence-electron chi connectivity index (χ1n) is 10.9. The minimum Gasteiger partial charge on any atom is -0.479 e. The zero-order valence-electron chi connectivity index (χ0n) is 19.5. The van der Waals surface area contributed by atoms with E-state index in [1.165, 1.54) is 30.8 Å². The van der Waals surface area contributed by atoms with E-state index in [9.17, 15) is 18.0 Å². The van der Waals surface area contributed by atoms with Gasteiger partial charge in [-0.2, -0.15) is 0 Å². The van der Waals surface area contributed by atoms with Crippen LogP contribution in [0.5, 0.6) is 11.5 Å². The van der Waals surface area contributed by atoms with E-state index in [-0.39, 0.29) is 23.1 Å². The van der Waals surface area contributed by atoms with Crippen LogP contribution in [-0.4, -0.2) is 28.1 Å². The van der Waals surface area contributed by atoms with Crippen LogP contribution in [0.3, 0.4) is 0 Å². The second kappa shape index (κ2) is 10.8. The van der Waals surface area contributed by atoms with Gasteiger partial charge in [-0.15, -0.1) is 13.2 Å². The van der Waals surface area contributed by atoms with E-state index in [4.69, 9.17) is 33.0 Å². The standard InChI is InChI=1S/C26H20Cl2F3NO4S/c1-14-24(37-19-7-4-17(27)5-8-19)20-9-6-18(36-26(29,30)31)12-22(20)32(14)13-16-3-10-21(28)23(11-16)35-15(2)25(33)34/h3-12,15H,13H2,1-2H3,(H,33,34)/t15-/m1/s1. The number of ether oxygens (including phenoxy) is 2. The van der Waals surface area contributed by atoms with Crippen molar-refractivity contribution in [3.05, 3.63) is 82.0 Å². The number of carboxylic acids is 1. The molecule has 0 radical (unpaired) electrons. The third-order valence-corrected chi connectivity index (χ3v) is 7.28. The average Bonchev–Trinajstić information content (AvgIpc) is 3.06. The smallest absolute Gasteiger partial charge is 0.479 e. The third kappa shape index (κ3) is 6.47. The molecule has 1 heterocycles. The molecule has 3 aromatic carbocycles. The Kier molecular flexibility index (Phi) is 7.87. The monoisotopic (exact) mass is 569 g/mol. The third-order valence-electron chi connectivity index (χ3n) is 5.49. The molecule has 4 aromatic rings. The number of hydrogen-bond acceptors (Lipinski definition) is 4. The van der Waals surface area contributed by atoms with Crippen LogP contribution in [0.15, 0.2) is 70.5 Å². The van der Waals surface area contributed by atoms with Gasteiger partial charge < -0.3 is 19.1 Å². The van der Waals surface area contributed by atoms with E-state index in [1.54, 1.807) is 36.4 Å². The number of aromatic nitrogens is 1. The van der Waals surface area contributed by atoms with Crippen LogP contribution in [0.4, 0.5) is 13.2 Å². The fraction of sp³-hybridized carbons (Fsp3) is 0.192. The SMILES string of the molecule is Cc1c(Sc2ccc(Cl)cc2)c2ccc(OC(F)(F)F)cc2n1Cc1ccc(Cl)c(O[C@H](C)C(=O)O)c1. The Morgan fingerprint density at radius 2 is 1.78 bits per heavy atom. The highest BCUT2D eigenvalue weighted by Gasteiger charge is 2.31. The molecular weight excluding hydrogens is 550 g/mol. The summed E-state index contributed by atoms with van der Waals surface area (Å²) in [6.45, 7) is 3.52. The predicted molar refractivity (Wildman–Crippen MR) is 137 cm³/mol. The first-order valence-corrected chi connectivity index (χ1v) is 12.5. The number of benzene rings is 3. The summed E-state index contributed by atoms with van der Waals surface area (Å²) < 4.78 is 50.3. The summed E-state index contributed by atoms with van der Waals surface area (Å²) in [5.74, 6) is -1.29. The topological polar surface area (TPSA) is 60.7 Å². The molecule has 11 heteroatoms.